The fourth-order valence-electron chi connectivity index (χ4n) is 2.58. The molecule has 0 saturated heterocycles. The van der Waals surface area contributed by atoms with Gasteiger partial charge in [0, 0.05) is 31.1 Å². The Morgan fingerprint density at radius 1 is 1.44 bits per heavy atom. The van der Waals surface area contributed by atoms with Crippen LogP contribution in [0.3, 0.4) is 0 Å². The van der Waals surface area contributed by atoms with E-state index in [9.17, 15) is 14.9 Å². The number of nitro groups is 1. The van der Waals surface area contributed by atoms with Crippen LogP contribution in [0.5, 0.6) is 0 Å². The summed E-state index contributed by atoms with van der Waals surface area (Å²) in [4.78, 5) is 24.3. The topological polar surface area (TPSA) is 123 Å². The second-order valence-electron chi connectivity index (χ2n) is 6.81. The van der Waals surface area contributed by atoms with E-state index in [4.69, 9.17) is 15.9 Å². The van der Waals surface area contributed by atoms with Crippen molar-refractivity contribution in [3.8, 4) is 0 Å². The minimum atomic E-state index is -0.557. The molecule has 3 N–H and O–H groups in total. The molecule has 1 aromatic rings. The lowest BCUT2D eigenvalue weighted by Crippen LogP contribution is -2.39. The number of benzene rings is 1. The Morgan fingerprint density at radius 3 is 2.60 bits per heavy atom. The molecule has 0 fully saturated rings. The summed E-state index contributed by atoms with van der Waals surface area (Å²) in [6, 6.07) is 3.05. The minimum Gasteiger partial charge on any atom is -0.444 e. The van der Waals surface area contributed by atoms with Crippen molar-refractivity contribution >= 4 is 29.3 Å². The number of rotatable bonds is 3. The van der Waals surface area contributed by atoms with Crippen LogP contribution in [0.1, 0.15) is 38.3 Å². The Morgan fingerprint density at radius 2 is 2.12 bits per heavy atom. The highest BCUT2D eigenvalue weighted by atomic mass is 16.6. The molecule has 1 amide bonds. The summed E-state index contributed by atoms with van der Waals surface area (Å²) in [5.41, 5.74) is 6.91. The fraction of sp³-hybridized carbons (Fsp3) is 0.412. The number of nitrogens with two attached hydrogens (primary N) is 1. The van der Waals surface area contributed by atoms with E-state index in [1.54, 1.807) is 11.0 Å². The lowest BCUT2D eigenvalue weighted by atomic mass is 9.96. The first kappa shape index (κ1) is 18.4. The molecular formula is C17H22N4O4. The number of nitrogen functional groups attached to an aromatic ring is 1. The van der Waals surface area contributed by atoms with Crippen LogP contribution in [0.15, 0.2) is 18.2 Å². The van der Waals surface area contributed by atoms with Gasteiger partial charge in [0.15, 0.2) is 0 Å². The summed E-state index contributed by atoms with van der Waals surface area (Å²) in [5, 5.41) is 18.5. The highest BCUT2D eigenvalue weighted by Gasteiger charge is 2.25. The Kier molecular flexibility index (Phi) is 5.10. The van der Waals surface area contributed by atoms with Gasteiger partial charge in [-0.25, -0.2) is 4.79 Å². The van der Waals surface area contributed by atoms with Crippen molar-refractivity contribution in [2.75, 3.05) is 18.8 Å². The molecule has 1 heterocycles. The van der Waals surface area contributed by atoms with Gasteiger partial charge in [0.1, 0.15) is 5.60 Å². The Hall–Kier alpha value is -2.90. The average molecular weight is 346 g/mol. The molecule has 8 nitrogen and oxygen atoms in total. The molecule has 0 unspecified atom stereocenters. The highest BCUT2D eigenvalue weighted by Crippen LogP contribution is 2.31. The van der Waals surface area contributed by atoms with Crippen molar-refractivity contribution in [1.29, 1.82) is 5.41 Å². The molecule has 0 spiro atoms. The monoisotopic (exact) mass is 346 g/mol. The molecule has 25 heavy (non-hydrogen) atoms. The van der Waals surface area contributed by atoms with E-state index in [1.807, 2.05) is 26.8 Å². The molecule has 8 heteroatoms. The van der Waals surface area contributed by atoms with E-state index in [0.717, 1.165) is 11.8 Å². The number of hydrogen-bond acceptors (Lipinski definition) is 6. The van der Waals surface area contributed by atoms with Crippen molar-refractivity contribution in [3.63, 3.8) is 0 Å². The lowest BCUT2D eigenvalue weighted by Gasteiger charge is -2.29. The van der Waals surface area contributed by atoms with Crippen LogP contribution >= 0.6 is 0 Å². The number of carbonyl (C=O) groups is 1. The maximum absolute atomic E-state index is 12.1. The zero-order valence-electron chi connectivity index (χ0n) is 14.5. The summed E-state index contributed by atoms with van der Waals surface area (Å²) in [7, 11) is 0. The molecule has 1 aromatic carbocycles. The standard InChI is InChI=1S/C17H22N4O4/c1-17(2,3)25-16(22)20-6-4-11(5-7-20)12-8-14(19)13(10-18)15(9-12)21(23)24/h4,8-10,18H,5-7,19H2,1-3H3. The number of hydrogen-bond donors (Lipinski definition) is 2. The summed E-state index contributed by atoms with van der Waals surface area (Å²) >= 11 is 0. The van der Waals surface area contributed by atoms with E-state index in [-0.39, 0.29) is 23.0 Å². The van der Waals surface area contributed by atoms with Gasteiger partial charge in [-0.1, -0.05) is 6.08 Å². The van der Waals surface area contributed by atoms with Crippen LogP contribution in [-0.2, 0) is 4.74 Å². The summed E-state index contributed by atoms with van der Waals surface area (Å²) in [6.45, 7) is 6.25. The van der Waals surface area contributed by atoms with Gasteiger partial charge in [-0.05, 0) is 44.4 Å². The molecule has 1 aliphatic heterocycles. The minimum absolute atomic E-state index is 0.0977. The van der Waals surface area contributed by atoms with E-state index < -0.39 is 10.5 Å². The van der Waals surface area contributed by atoms with Gasteiger partial charge in [-0.15, -0.1) is 0 Å². The van der Waals surface area contributed by atoms with Gasteiger partial charge in [-0.2, -0.15) is 0 Å². The zero-order chi connectivity index (χ0) is 18.8. The van der Waals surface area contributed by atoms with Crippen molar-refractivity contribution in [1.82, 2.24) is 4.90 Å². The summed E-state index contributed by atoms with van der Waals surface area (Å²) in [6.07, 6.45) is 2.89. The second kappa shape index (κ2) is 6.92. The number of nitrogens with zero attached hydrogens (tertiary/aromatic N) is 2. The first-order valence-electron chi connectivity index (χ1n) is 7.88. The SMILES string of the molecule is CC(C)(C)OC(=O)N1CC=C(c2cc(N)c(C=N)c([N+](=O)[O-])c2)CC1. The van der Waals surface area contributed by atoms with Crippen molar-refractivity contribution in [3.05, 3.63) is 39.4 Å². The predicted octanol–water partition coefficient (Wildman–Crippen LogP) is 3.20. The number of anilines is 1. The van der Waals surface area contributed by atoms with Crippen LogP contribution < -0.4 is 5.73 Å². The van der Waals surface area contributed by atoms with Crippen molar-refractivity contribution in [2.45, 2.75) is 32.8 Å². The Bertz CT molecular complexity index is 750. The third-order valence-corrected chi connectivity index (χ3v) is 3.76. The number of ether oxygens (including phenoxy) is 1. The molecular weight excluding hydrogens is 324 g/mol. The average Bonchev–Trinajstić information content (AvgIpc) is 2.52. The first-order valence-corrected chi connectivity index (χ1v) is 7.88. The van der Waals surface area contributed by atoms with Crippen LogP contribution in [0.2, 0.25) is 0 Å². The number of carbonyl (C=O) groups excluding carboxylic acids is 1. The quantitative estimate of drug-likeness (QED) is 0.376. The molecule has 2 rings (SSSR count). The third kappa shape index (κ3) is 4.34. The van der Waals surface area contributed by atoms with Gasteiger partial charge in [0.2, 0.25) is 0 Å². The van der Waals surface area contributed by atoms with Gasteiger partial charge >= 0.3 is 6.09 Å². The van der Waals surface area contributed by atoms with Crippen LogP contribution in [0.25, 0.3) is 5.57 Å². The molecule has 0 aromatic heterocycles. The van der Waals surface area contributed by atoms with Gasteiger partial charge in [0.25, 0.3) is 5.69 Å². The van der Waals surface area contributed by atoms with E-state index in [1.165, 1.54) is 6.07 Å². The van der Waals surface area contributed by atoms with E-state index >= 15 is 0 Å². The lowest BCUT2D eigenvalue weighted by molar-refractivity contribution is -0.384. The summed E-state index contributed by atoms with van der Waals surface area (Å²) < 4.78 is 5.34. The highest BCUT2D eigenvalue weighted by molar-refractivity contribution is 5.92. The van der Waals surface area contributed by atoms with E-state index in [0.29, 0.717) is 25.1 Å². The molecule has 0 radical (unpaired) electrons. The summed E-state index contributed by atoms with van der Waals surface area (Å²) in [5.74, 6) is 0. The van der Waals surface area contributed by atoms with Gasteiger partial charge in [-0.3, -0.25) is 10.1 Å². The van der Waals surface area contributed by atoms with Crippen LogP contribution in [0, 0.1) is 15.5 Å². The van der Waals surface area contributed by atoms with Crippen LogP contribution in [0.4, 0.5) is 16.2 Å². The number of amides is 1. The van der Waals surface area contributed by atoms with Gasteiger partial charge in [0.05, 0.1) is 10.5 Å². The van der Waals surface area contributed by atoms with Crippen molar-refractivity contribution < 1.29 is 14.5 Å². The maximum atomic E-state index is 12.1. The molecule has 1 aliphatic rings. The predicted molar refractivity (Wildman–Crippen MR) is 95.8 cm³/mol. The first-order chi connectivity index (χ1) is 11.6. The van der Waals surface area contributed by atoms with Gasteiger partial charge < -0.3 is 20.8 Å². The fourth-order valence-corrected chi connectivity index (χ4v) is 2.58. The number of nitrogens with one attached hydrogen (secondary N) is 1. The molecule has 134 valence electrons. The molecule has 0 bridgehead atoms. The Balaban J connectivity index is 2.23. The molecule has 0 atom stereocenters. The third-order valence-electron chi connectivity index (χ3n) is 3.76. The smallest absolute Gasteiger partial charge is 0.410 e. The normalized spacial score (nSPS) is 14.7. The zero-order valence-corrected chi connectivity index (χ0v) is 14.5. The number of nitro benzene ring substituents is 1. The molecule has 0 saturated carbocycles. The van der Waals surface area contributed by atoms with Crippen LogP contribution in [-0.4, -0.2) is 40.8 Å². The second-order valence-corrected chi connectivity index (χ2v) is 6.81. The van der Waals surface area contributed by atoms with E-state index in [2.05, 4.69) is 0 Å². The Labute approximate surface area is 145 Å². The maximum Gasteiger partial charge on any atom is 0.410 e. The molecule has 0 aliphatic carbocycles. The van der Waals surface area contributed by atoms with Crippen molar-refractivity contribution in [2.24, 2.45) is 0 Å². The largest absolute Gasteiger partial charge is 0.444 e.